The summed E-state index contributed by atoms with van der Waals surface area (Å²) in [7, 11) is 1.66. The number of nitrogens with zero attached hydrogens (tertiary/aromatic N) is 1. The maximum Gasteiger partial charge on any atom is 0.122 e. The summed E-state index contributed by atoms with van der Waals surface area (Å²) in [5.74, 6) is 0.983. The van der Waals surface area contributed by atoms with Crippen LogP contribution < -0.4 is 5.73 Å². The van der Waals surface area contributed by atoms with E-state index >= 15 is 0 Å². The summed E-state index contributed by atoms with van der Waals surface area (Å²) in [5, 5.41) is 7.43. The molecule has 0 heterocycles. The van der Waals surface area contributed by atoms with Gasteiger partial charge in [0.1, 0.15) is 18.5 Å². The summed E-state index contributed by atoms with van der Waals surface area (Å²) in [6.07, 6.45) is 3.41. The molecule has 0 saturated heterocycles. The number of rotatable bonds is 8. The highest BCUT2D eigenvalue weighted by molar-refractivity contribution is 5.96. The van der Waals surface area contributed by atoms with Crippen molar-refractivity contribution in [3.05, 3.63) is 41.7 Å². The van der Waals surface area contributed by atoms with Crippen molar-refractivity contribution in [1.29, 1.82) is 5.41 Å². The van der Waals surface area contributed by atoms with Crippen LogP contribution >= 0.6 is 0 Å². The van der Waals surface area contributed by atoms with Gasteiger partial charge < -0.3 is 19.9 Å². The fraction of sp³-hybridized carbons (Fsp3) is 0.444. The van der Waals surface area contributed by atoms with Crippen LogP contribution in [0.4, 0.5) is 5.69 Å². The van der Waals surface area contributed by atoms with Crippen LogP contribution in [0.15, 0.2) is 41.1 Å². The standard InChI is InChI=1S/C18H25N3O3/c1-3-23-17-12-15(24-11-10-22-2)8-9-16(17)21-14-6-4-13(5-7-14)18(19)20/h4-7,12,17H,3,8-11H2,1-2H3,(H3,19,20). The molecule has 1 aromatic carbocycles. The third-order valence-electron chi connectivity index (χ3n) is 3.67. The first kappa shape index (κ1) is 18.2. The van der Waals surface area contributed by atoms with Crippen LogP contribution in [0.2, 0.25) is 0 Å². The van der Waals surface area contributed by atoms with E-state index in [2.05, 4.69) is 0 Å². The minimum atomic E-state index is -0.172. The fourth-order valence-electron chi connectivity index (χ4n) is 2.44. The smallest absolute Gasteiger partial charge is 0.122 e. The van der Waals surface area contributed by atoms with Crippen molar-refractivity contribution in [2.45, 2.75) is 25.9 Å². The lowest BCUT2D eigenvalue weighted by Crippen LogP contribution is -2.27. The summed E-state index contributed by atoms with van der Waals surface area (Å²) >= 11 is 0. The Kier molecular flexibility index (Phi) is 6.96. The van der Waals surface area contributed by atoms with Gasteiger partial charge in [-0.1, -0.05) is 0 Å². The number of ether oxygens (including phenoxy) is 3. The van der Waals surface area contributed by atoms with E-state index in [0.29, 0.717) is 25.4 Å². The molecule has 1 aromatic rings. The lowest BCUT2D eigenvalue weighted by Gasteiger charge is -2.23. The number of nitrogens with one attached hydrogen (secondary N) is 1. The molecular formula is C18H25N3O3. The monoisotopic (exact) mass is 331 g/mol. The average molecular weight is 331 g/mol. The lowest BCUT2D eigenvalue weighted by molar-refractivity contribution is 0.0953. The molecular weight excluding hydrogens is 306 g/mol. The highest BCUT2D eigenvalue weighted by atomic mass is 16.5. The molecule has 1 aliphatic rings. The van der Waals surface area contributed by atoms with Gasteiger partial charge in [-0.2, -0.15) is 0 Å². The zero-order chi connectivity index (χ0) is 17.4. The first-order chi connectivity index (χ1) is 11.6. The molecule has 1 aliphatic carbocycles. The second kappa shape index (κ2) is 9.20. The molecule has 1 atom stereocenters. The van der Waals surface area contributed by atoms with E-state index in [-0.39, 0.29) is 11.9 Å². The maximum atomic E-state index is 7.43. The Labute approximate surface area is 142 Å². The molecule has 24 heavy (non-hydrogen) atoms. The number of allylic oxidation sites excluding steroid dienone is 1. The molecule has 2 rings (SSSR count). The number of nitrogens with two attached hydrogens (primary N) is 1. The number of nitrogen functional groups attached to an aromatic ring is 1. The van der Waals surface area contributed by atoms with Crippen molar-refractivity contribution in [2.75, 3.05) is 26.9 Å². The van der Waals surface area contributed by atoms with Crippen molar-refractivity contribution in [2.24, 2.45) is 10.7 Å². The second-order valence-corrected chi connectivity index (χ2v) is 5.41. The zero-order valence-corrected chi connectivity index (χ0v) is 14.2. The van der Waals surface area contributed by atoms with Gasteiger partial charge in [0, 0.05) is 25.7 Å². The summed E-state index contributed by atoms with van der Waals surface area (Å²) in [6, 6.07) is 7.33. The van der Waals surface area contributed by atoms with Gasteiger partial charge in [0.15, 0.2) is 0 Å². The largest absolute Gasteiger partial charge is 0.496 e. The maximum absolute atomic E-state index is 7.43. The van der Waals surface area contributed by atoms with Crippen LogP contribution in [-0.4, -0.2) is 44.6 Å². The van der Waals surface area contributed by atoms with E-state index < -0.39 is 0 Å². The van der Waals surface area contributed by atoms with Gasteiger partial charge in [-0.25, -0.2) is 0 Å². The van der Waals surface area contributed by atoms with E-state index in [0.717, 1.165) is 30.0 Å². The fourth-order valence-corrected chi connectivity index (χ4v) is 2.44. The zero-order valence-electron chi connectivity index (χ0n) is 14.2. The summed E-state index contributed by atoms with van der Waals surface area (Å²) < 4.78 is 16.5. The van der Waals surface area contributed by atoms with Crippen LogP contribution in [0.5, 0.6) is 0 Å². The van der Waals surface area contributed by atoms with E-state index in [1.807, 2.05) is 25.1 Å². The molecule has 1 unspecified atom stereocenters. The van der Waals surface area contributed by atoms with Crippen molar-refractivity contribution >= 4 is 17.2 Å². The van der Waals surface area contributed by atoms with E-state index in [1.165, 1.54) is 0 Å². The number of benzene rings is 1. The van der Waals surface area contributed by atoms with Gasteiger partial charge in [0.05, 0.1) is 23.8 Å². The summed E-state index contributed by atoms with van der Waals surface area (Å²) in [4.78, 5) is 4.70. The van der Waals surface area contributed by atoms with Gasteiger partial charge in [-0.3, -0.25) is 10.4 Å². The van der Waals surface area contributed by atoms with Crippen LogP contribution in [0.1, 0.15) is 25.3 Å². The van der Waals surface area contributed by atoms with Gasteiger partial charge in [-0.15, -0.1) is 0 Å². The molecule has 0 aliphatic heterocycles. The highest BCUT2D eigenvalue weighted by Crippen LogP contribution is 2.23. The Morgan fingerprint density at radius 2 is 2.00 bits per heavy atom. The Hall–Kier alpha value is -2.18. The van der Waals surface area contributed by atoms with E-state index in [1.54, 1.807) is 19.2 Å². The molecule has 6 nitrogen and oxygen atoms in total. The molecule has 0 bridgehead atoms. The molecule has 0 saturated carbocycles. The van der Waals surface area contributed by atoms with Crippen LogP contribution in [0, 0.1) is 5.41 Å². The molecule has 0 amide bonds. The molecule has 3 N–H and O–H groups in total. The average Bonchev–Trinajstić information content (AvgIpc) is 2.58. The van der Waals surface area contributed by atoms with Gasteiger partial charge in [0.2, 0.25) is 0 Å². The molecule has 6 heteroatoms. The van der Waals surface area contributed by atoms with Crippen molar-refractivity contribution in [1.82, 2.24) is 0 Å². The van der Waals surface area contributed by atoms with Crippen molar-refractivity contribution in [3.63, 3.8) is 0 Å². The van der Waals surface area contributed by atoms with Crippen LogP contribution in [0.25, 0.3) is 0 Å². The number of aliphatic imine (C=N–C) groups is 1. The number of hydrogen-bond donors (Lipinski definition) is 2. The SMILES string of the molecule is CCOC1C=C(OCCOC)CCC1=Nc1ccc(C(=N)N)cc1. The Morgan fingerprint density at radius 1 is 1.25 bits per heavy atom. The predicted octanol–water partition coefficient (Wildman–Crippen LogP) is 2.79. The second-order valence-electron chi connectivity index (χ2n) is 5.41. The normalized spacial score (nSPS) is 19.2. The third kappa shape index (κ3) is 5.18. The first-order valence-electron chi connectivity index (χ1n) is 8.10. The Bertz CT molecular complexity index is 608. The Morgan fingerprint density at radius 3 is 2.62 bits per heavy atom. The molecule has 0 spiro atoms. The highest BCUT2D eigenvalue weighted by Gasteiger charge is 2.21. The Balaban J connectivity index is 2.11. The molecule has 0 fully saturated rings. The number of hydrogen-bond acceptors (Lipinski definition) is 5. The van der Waals surface area contributed by atoms with E-state index in [9.17, 15) is 0 Å². The minimum absolute atomic E-state index is 0.0554. The number of amidine groups is 1. The van der Waals surface area contributed by atoms with Crippen LogP contribution in [-0.2, 0) is 14.2 Å². The quantitative estimate of drug-likeness (QED) is 0.435. The van der Waals surface area contributed by atoms with Gasteiger partial charge in [-0.05, 0) is 43.7 Å². The molecule has 130 valence electrons. The summed E-state index contributed by atoms with van der Waals surface area (Å²) in [6.45, 7) is 3.68. The van der Waals surface area contributed by atoms with Crippen molar-refractivity contribution in [3.8, 4) is 0 Å². The van der Waals surface area contributed by atoms with Crippen molar-refractivity contribution < 1.29 is 14.2 Å². The van der Waals surface area contributed by atoms with Gasteiger partial charge in [0.25, 0.3) is 0 Å². The van der Waals surface area contributed by atoms with Gasteiger partial charge >= 0.3 is 0 Å². The van der Waals surface area contributed by atoms with E-state index in [4.69, 9.17) is 30.3 Å². The first-order valence-corrected chi connectivity index (χ1v) is 8.10. The lowest BCUT2D eigenvalue weighted by atomic mass is 10.0. The molecule has 0 radical (unpaired) electrons. The topological polar surface area (TPSA) is 89.9 Å². The number of methoxy groups -OCH3 is 1. The minimum Gasteiger partial charge on any atom is -0.496 e. The van der Waals surface area contributed by atoms with Crippen LogP contribution in [0.3, 0.4) is 0 Å². The summed E-state index contributed by atoms with van der Waals surface area (Å²) in [5.41, 5.74) is 7.97. The molecule has 0 aromatic heterocycles. The third-order valence-corrected chi connectivity index (χ3v) is 3.67. The predicted molar refractivity (Wildman–Crippen MR) is 95.1 cm³/mol.